The lowest BCUT2D eigenvalue weighted by molar-refractivity contribution is -0.167. The Balaban J connectivity index is 4.29. The maximum atomic E-state index is 12.8. The van der Waals surface area contributed by atoms with Crippen LogP contribution in [0.5, 0.6) is 0 Å². The van der Waals surface area contributed by atoms with E-state index in [2.05, 4.69) is 0 Å². The number of rotatable bonds is 56. The van der Waals surface area contributed by atoms with Gasteiger partial charge in [-0.3, -0.25) is 14.4 Å². The zero-order chi connectivity index (χ0) is 47.9. The molecule has 0 heterocycles. The van der Waals surface area contributed by atoms with Crippen molar-refractivity contribution in [2.75, 3.05) is 33.0 Å². The highest BCUT2D eigenvalue weighted by molar-refractivity contribution is 5.71. The molecule has 0 amide bonds. The minimum atomic E-state index is -0.787. The molecule has 0 spiro atoms. The molecule has 0 saturated heterocycles. The smallest absolute Gasteiger partial charge is 0.306 e. The van der Waals surface area contributed by atoms with Crippen molar-refractivity contribution in [3.05, 3.63) is 0 Å². The topological polar surface area (TPSA) is 140 Å². The van der Waals surface area contributed by atoms with Gasteiger partial charge in [-0.1, -0.05) is 250 Å². The van der Waals surface area contributed by atoms with Gasteiger partial charge in [0.15, 0.2) is 6.10 Å². The Morgan fingerprint density at radius 3 is 0.606 bits per heavy atom. The van der Waals surface area contributed by atoms with Crippen molar-refractivity contribution in [3.8, 4) is 0 Å². The third kappa shape index (κ3) is 53.2. The summed E-state index contributed by atoms with van der Waals surface area (Å²) in [5.74, 6) is -0.902. The number of unbranched alkanes of at least 4 members (excludes halogenated alkanes) is 42. The van der Waals surface area contributed by atoms with E-state index in [9.17, 15) is 14.4 Å². The third-order valence-corrected chi connectivity index (χ3v) is 13.3. The van der Waals surface area contributed by atoms with Gasteiger partial charge in [-0.2, -0.15) is 0 Å². The molecular weight excluding hydrogens is 829 g/mol. The van der Waals surface area contributed by atoms with Crippen molar-refractivity contribution in [3.63, 3.8) is 0 Å². The minimum Gasteiger partial charge on any atom is -0.462 e. The van der Waals surface area contributed by atoms with Crippen LogP contribution in [0.3, 0.4) is 0 Å². The van der Waals surface area contributed by atoms with E-state index in [1.807, 2.05) is 0 Å². The van der Waals surface area contributed by atoms with Crippen LogP contribution < -0.4 is 0 Å². The molecule has 0 aliphatic carbocycles. The molecular formula is C57H110O9. The summed E-state index contributed by atoms with van der Waals surface area (Å²) in [6.07, 6.45) is 53.9. The van der Waals surface area contributed by atoms with Gasteiger partial charge in [0.2, 0.25) is 0 Å². The SMILES string of the molecule is O=C(CCCCCCCCCCCCCCCCCO)OCC(COC(=O)CCCCCCCCCCCCCCCCCO)OC(=O)CCCCCCCCCCCCCCCCCO. The number of carbonyl (C=O) groups is 3. The molecule has 0 aromatic rings. The van der Waals surface area contributed by atoms with Crippen molar-refractivity contribution >= 4 is 17.9 Å². The van der Waals surface area contributed by atoms with E-state index in [0.717, 1.165) is 96.3 Å². The number of aliphatic hydroxyl groups is 3. The zero-order valence-electron chi connectivity index (χ0n) is 43.3. The summed E-state index contributed by atoms with van der Waals surface area (Å²) in [5.41, 5.74) is 0. The fourth-order valence-corrected chi connectivity index (χ4v) is 8.91. The second-order valence-electron chi connectivity index (χ2n) is 19.8. The molecule has 0 fully saturated rings. The fourth-order valence-electron chi connectivity index (χ4n) is 8.91. The fraction of sp³-hybridized carbons (Fsp3) is 0.947. The van der Waals surface area contributed by atoms with Gasteiger partial charge in [-0.15, -0.1) is 0 Å². The molecule has 392 valence electrons. The Hall–Kier alpha value is -1.71. The van der Waals surface area contributed by atoms with Gasteiger partial charge < -0.3 is 29.5 Å². The molecule has 0 bridgehead atoms. The lowest BCUT2D eigenvalue weighted by atomic mass is 10.0. The molecule has 0 aliphatic rings. The number of carbonyl (C=O) groups excluding carboxylic acids is 3. The van der Waals surface area contributed by atoms with E-state index in [1.165, 1.54) is 193 Å². The molecule has 9 heteroatoms. The first-order valence-electron chi connectivity index (χ1n) is 28.9. The van der Waals surface area contributed by atoms with Gasteiger partial charge >= 0.3 is 17.9 Å². The molecule has 0 atom stereocenters. The highest BCUT2D eigenvalue weighted by Gasteiger charge is 2.19. The highest BCUT2D eigenvalue weighted by atomic mass is 16.6. The summed E-state index contributed by atoms with van der Waals surface area (Å²) in [4.78, 5) is 38.1. The van der Waals surface area contributed by atoms with Gasteiger partial charge in [-0.05, 0) is 38.5 Å². The molecule has 0 aromatic heterocycles. The maximum absolute atomic E-state index is 12.8. The van der Waals surface area contributed by atoms with Crippen molar-refractivity contribution in [2.45, 2.75) is 314 Å². The van der Waals surface area contributed by atoms with Crippen molar-refractivity contribution < 1.29 is 43.9 Å². The molecule has 3 N–H and O–H groups in total. The third-order valence-electron chi connectivity index (χ3n) is 13.3. The van der Waals surface area contributed by atoms with Gasteiger partial charge in [0, 0.05) is 39.1 Å². The van der Waals surface area contributed by atoms with Crippen LogP contribution in [-0.4, -0.2) is 72.4 Å². The Morgan fingerprint density at radius 1 is 0.242 bits per heavy atom. The van der Waals surface area contributed by atoms with Crippen molar-refractivity contribution in [1.29, 1.82) is 0 Å². The van der Waals surface area contributed by atoms with Crippen LogP contribution in [0.1, 0.15) is 308 Å². The van der Waals surface area contributed by atoms with Crippen LogP contribution in [0.4, 0.5) is 0 Å². The van der Waals surface area contributed by atoms with E-state index < -0.39 is 6.10 Å². The number of hydrogen-bond donors (Lipinski definition) is 3. The van der Waals surface area contributed by atoms with Crippen LogP contribution >= 0.6 is 0 Å². The summed E-state index contributed by atoms with van der Waals surface area (Å²) in [7, 11) is 0. The Kier molecular flexibility index (Phi) is 54.4. The first-order chi connectivity index (χ1) is 32.5. The van der Waals surface area contributed by atoms with Gasteiger partial charge in [0.05, 0.1) is 0 Å². The molecule has 9 nitrogen and oxygen atoms in total. The van der Waals surface area contributed by atoms with E-state index in [-0.39, 0.29) is 31.1 Å². The molecule has 0 saturated carbocycles. The lowest BCUT2D eigenvalue weighted by Crippen LogP contribution is -2.30. The van der Waals surface area contributed by atoms with Crippen LogP contribution in [0.15, 0.2) is 0 Å². The molecule has 0 unspecified atom stereocenters. The number of ether oxygens (including phenoxy) is 3. The van der Waals surface area contributed by atoms with Crippen LogP contribution in [0.2, 0.25) is 0 Å². The second-order valence-corrected chi connectivity index (χ2v) is 19.8. The Bertz CT molecular complexity index is 939. The monoisotopic (exact) mass is 939 g/mol. The molecule has 0 radical (unpaired) electrons. The first kappa shape index (κ1) is 64.3. The summed E-state index contributed by atoms with van der Waals surface area (Å²) in [6, 6.07) is 0. The maximum Gasteiger partial charge on any atom is 0.306 e. The molecule has 0 rings (SSSR count). The molecule has 0 aliphatic heterocycles. The number of esters is 3. The van der Waals surface area contributed by atoms with Crippen molar-refractivity contribution in [1.82, 2.24) is 0 Å². The predicted octanol–water partition coefficient (Wildman–Crippen LogP) is 15.7. The molecule has 0 aromatic carbocycles. The minimum absolute atomic E-state index is 0.0857. The average molecular weight is 939 g/mol. The van der Waals surface area contributed by atoms with Gasteiger partial charge in [0.1, 0.15) is 13.2 Å². The largest absolute Gasteiger partial charge is 0.462 e. The summed E-state index contributed by atoms with van der Waals surface area (Å²) < 4.78 is 16.8. The van der Waals surface area contributed by atoms with E-state index in [1.54, 1.807) is 0 Å². The number of aliphatic hydroxyl groups excluding tert-OH is 3. The van der Waals surface area contributed by atoms with Gasteiger partial charge in [-0.25, -0.2) is 0 Å². The Labute approximate surface area is 407 Å². The molecule has 66 heavy (non-hydrogen) atoms. The van der Waals surface area contributed by atoms with Gasteiger partial charge in [0.25, 0.3) is 0 Å². The van der Waals surface area contributed by atoms with Crippen LogP contribution in [0, 0.1) is 0 Å². The van der Waals surface area contributed by atoms with E-state index in [0.29, 0.717) is 39.1 Å². The van der Waals surface area contributed by atoms with E-state index >= 15 is 0 Å². The standard InChI is InChI=1S/C57H110O9/c58-49-43-37-31-25-19-13-7-1-4-10-16-22-28-34-40-46-55(61)64-52-54(66-57(63)48-42-36-30-24-18-12-6-3-9-15-21-27-33-39-45-51-60)53-65-56(62)47-41-35-29-23-17-11-5-2-8-14-20-26-32-38-44-50-59/h54,58-60H,1-53H2. The van der Waals surface area contributed by atoms with Crippen LogP contribution in [0.25, 0.3) is 0 Å². The highest BCUT2D eigenvalue weighted by Crippen LogP contribution is 2.18. The lowest BCUT2D eigenvalue weighted by Gasteiger charge is -2.18. The number of hydrogen-bond acceptors (Lipinski definition) is 9. The van der Waals surface area contributed by atoms with E-state index in [4.69, 9.17) is 29.5 Å². The van der Waals surface area contributed by atoms with Crippen LogP contribution in [-0.2, 0) is 28.6 Å². The predicted molar refractivity (Wildman–Crippen MR) is 275 cm³/mol. The average Bonchev–Trinajstić information content (AvgIpc) is 3.31. The normalized spacial score (nSPS) is 11.5. The summed E-state index contributed by atoms with van der Waals surface area (Å²) in [5, 5.41) is 26.6. The zero-order valence-corrected chi connectivity index (χ0v) is 43.3. The quantitative estimate of drug-likeness (QED) is 0.0309. The summed E-state index contributed by atoms with van der Waals surface area (Å²) in [6.45, 7) is 0.793. The summed E-state index contributed by atoms with van der Waals surface area (Å²) >= 11 is 0. The van der Waals surface area contributed by atoms with Crippen molar-refractivity contribution in [2.24, 2.45) is 0 Å². The Morgan fingerprint density at radius 2 is 0.409 bits per heavy atom. The first-order valence-corrected chi connectivity index (χ1v) is 28.9. The second kappa shape index (κ2) is 55.9.